The van der Waals surface area contributed by atoms with Crippen molar-refractivity contribution in [1.82, 2.24) is 19.8 Å². The maximum atomic E-state index is 13.7. The standard InChI is InChI=1S/C31H34ClFN6O5/c32-24-13-20(6-7-25(24)33)36-31-23-14-27(28(15-26(23)34-19-35-31)43-12-11-42-22-3-1-4-22)37-29(40)5-2-8-38-9-10-39-17-30(41)44-18-21(39)16-38/h2,5-7,13-15,19,21-22H,1,3-4,8-12,16-18H2,(H,37,40)(H,34,35,36). The van der Waals surface area contributed by atoms with Crippen LogP contribution in [0.15, 0.2) is 48.8 Å². The van der Waals surface area contributed by atoms with Crippen molar-refractivity contribution in [2.45, 2.75) is 31.4 Å². The Morgan fingerprint density at radius 3 is 2.89 bits per heavy atom. The molecule has 3 aliphatic rings. The van der Waals surface area contributed by atoms with Crippen molar-refractivity contribution in [3.8, 4) is 5.75 Å². The van der Waals surface area contributed by atoms with Crippen LogP contribution in [0.2, 0.25) is 5.02 Å². The SMILES string of the molecule is O=C(C=CCN1CCN2CC(=O)OCC2C1)Nc1cc2c(Nc3ccc(F)c(Cl)c3)ncnc2cc1OCCOC1CCC1. The molecule has 2 aromatic carbocycles. The molecule has 1 aliphatic carbocycles. The number of nitrogens with zero attached hydrogens (tertiary/aromatic N) is 4. The van der Waals surface area contributed by atoms with E-state index in [0.29, 0.717) is 66.8 Å². The summed E-state index contributed by atoms with van der Waals surface area (Å²) in [5.41, 5.74) is 1.58. The number of benzene rings is 2. The summed E-state index contributed by atoms with van der Waals surface area (Å²) in [4.78, 5) is 37.8. The lowest BCUT2D eigenvalue weighted by atomic mass is 9.96. The molecule has 1 atom stereocenters. The van der Waals surface area contributed by atoms with Crippen molar-refractivity contribution >= 4 is 51.6 Å². The fourth-order valence-corrected chi connectivity index (χ4v) is 5.57. The highest BCUT2D eigenvalue weighted by Gasteiger charge is 2.32. The highest BCUT2D eigenvalue weighted by atomic mass is 35.5. The molecule has 3 heterocycles. The van der Waals surface area contributed by atoms with Crippen molar-refractivity contribution < 1.29 is 28.2 Å². The minimum absolute atomic E-state index is 0.0167. The third-order valence-corrected chi connectivity index (χ3v) is 8.30. The quantitative estimate of drug-likeness (QED) is 0.183. The second kappa shape index (κ2) is 13.9. The van der Waals surface area contributed by atoms with E-state index in [1.165, 1.54) is 31.0 Å². The Morgan fingerprint density at radius 2 is 2.07 bits per heavy atom. The number of nitrogens with one attached hydrogen (secondary N) is 2. The molecule has 232 valence electrons. The van der Waals surface area contributed by atoms with Crippen LogP contribution in [0.4, 0.5) is 21.6 Å². The Bertz CT molecular complexity index is 1550. The third-order valence-electron chi connectivity index (χ3n) is 8.01. The minimum atomic E-state index is -0.521. The molecule has 3 aromatic rings. The van der Waals surface area contributed by atoms with Crippen molar-refractivity contribution in [3.63, 3.8) is 0 Å². The summed E-state index contributed by atoms with van der Waals surface area (Å²) in [6.45, 7) is 4.41. The van der Waals surface area contributed by atoms with E-state index in [-0.39, 0.29) is 29.0 Å². The first-order valence-corrected chi connectivity index (χ1v) is 15.1. The van der Waals surface area contributed by atoms with Crippen LogP contribution < -0.4 is 15.4 Å². The molecule has 2 aliphatic heterocycles. The average Bonchev–Trinajstić information content (AvgIpc) is 2.98. The Morgan fingerprint density at radius 1 is 1.18 bits per heavy atom. The van der Waals surface area contributed by atoms with Gasteiger partial charge in [0.1, 0.15) is 36.9 Å². The summed E-state index contributed by atoms with van der Waals surface area (Å²) in [6.07, 6.45) is 8.35. The molecule has 0 radical (unpaired) electrons. The van der Waals surface area contributed by atoms with Gasteiger partial charge in [0, 0.05) is 49.4 Å². The molecule has 3 fully saturated rings. The summed E-state index contributed by atoms with van der Waals surface area (Å²) in [5.74, 6) is -0.108. The Labute approximate surface area is 259 Å². The predicted molar refractivity (Wildman–Crippen MR) is 164 cm³/mol. The lowest BCUT2D eigenvalue weighted by Gasteiger charge is -2.42. The first kappa shape index (κ1) is 30.2. The van der Waals surface area contributed by atoms with E-state index in [1.54, 1.807) is 18.2 Å². The molecule has 11 nitrogen and oxygen atoms in total. The van der Waals surface area contributed by atoms with Crippen LogP contribution in [-0.2, 0) is 19.1 Å². The normalized spacial score (nSPS) is 19.4. The van der Waals surface area contributed by atoms with Gasteiger partial charge in [-0.3, -0.25) is 19.4 Å². The third kappa shape index (κ3) is 7.44. The van der Waals surface area contributed by atoms with Crippen LogP contribution in [0.3, 0.4) is 0 Å². The molecular weight excluding hydrogens is 591 g/mol. The van der Waals surface area contributed by atoms with E-state index < -0.39 is 5.82 Å². The highest BCUT2D eigenvalue weighted by Crippen LogP contribution is 2.34. The number of amides is 1. The summed E-state index contributed by atoms with van der Waals surface area (Å²) < 4.78 is 30.8. The van der Waals surface area contributed by atoms with E-state index in [4.69, 9.17) is 25.8 Å². The Hall–Kier alpha value is -3.84. The van der Waals surface area contributed by atoms with Crippen LogP contribution in [-0.4, -0.2) is 96.3 Å². The van der Waals surface area contributed by atoms with Gasteiger partial charge in [0.15, 0.2) is 0 Å². The zero-order valence-corrected chi connectivity index (χ0v) is 24.9. The number of fused-ring (bicyclic) bond motifs is 2. The molecule has 1 unspecified atom stereocenters. The molecule has 0 bridgehead atoms. The highest BCUT2D eigenvalue weighted by molar-refractivity contribution is 6.31. The first-order chi connectivity index (χ1) is 21.4. The number of esters is 1. The van der Waals surface area contributed by atoms with Crippen LogP contribution >= 0.6 is 11.6 Å². The summed E-state index contributed by atoms with van der Waals surface area (Å²) in [6, 6.07) is 7.97. The van der Waals surface area contributed by atoms with Gasteiger partial charge in [-0.05, 0) is 43.5 Å². The fourth-order valence-electron chi connectivity index (χ4n) is 5.39. The number of morpholine rings is 1. The van der Waals surface area contributed by atoms with E-state index in [1.807, 2.05) is 6.08 Å². The lowest BCUT2D eigenvalue weighted by Crippen LogP contribution is -2.59. The summed E-state index contributed by atoms with van der Waals surface area (Å²) in [7, 11) is 0. The van der Waals surface area contributed by atoms with E-state index in [2.05, 4.69) is 30.4 Å². The number of rotatable bonds is 11. The van der Waals surface area contributed by atoms with Gasteiger partial charge in [0.25, 0.3) is 0 Å². The molecular formula is C31H34ClFN6O5. The van der Waals surface area contributed by atoms with Gasteiger partial charge >= 0.3 is 5.97 Å². The van der Waals surface area contributed by atoms with Crippen molar-refractivity contribution in [1.29, 1.82) is 0 Å². The maximum absolute atomic E-state index is 13.7. The molecule has 13 heteroatoms. The van der Waals surface area contributed by atoms with Crippen LogP contribution in [0.1, 0.15) is 19.3 Å². The molecule has 6 rings (SSSR count). The van der Waals surface area contributed by atoms with Gasteiger partial charge in [-0.25, -0.2) is 14.4 Å². The smallest absolute Gasteiger partial charge is 0.320 e. The molecule has 1 saturated carbocycles. The van der Waals surface area contributed by atoms with E-state index in [0.717, 1.165) is 32.5 Å². The molecule has 2 N–H and O–H groups in total. The molecule has 44 heavy (non-hydrogen) atoms. The van der Waals surface area contributed by atoms with Gasteiger partial charge in [-0.2, -0.15) is 0 Å². The zero-order chi connectivity index (χ0) is 30.5. The number of carbonyl (C=O) groups is 2. The largest absolute Gasteiger partial charge is 0.489 e. The summed E-state index contributed by atoms with van der Waals surface area (Å²) in [5, 5.41) is 6.70. The number of aromatic nitrogens is 2. The van der Waals surface area contributed by atoms with Crippen molar-refractivity contribution in [2.24, 2.45) is 0 Å². The van der Waals surface area contributed by atoms with Crippen molar-refractivity contribution in [2.75, 3.05) is 63.2 Å². The molecule has 1 aromatic heterocycles. The maximum Gasteiger partial charge on any atom is 0.320 e. The Kier molecular flexibility index (Phi) is 9.51. The predicted octanol–water partition coefficient (Wildman–Crippen LogP) is 4.15. The number of hydrogen-bond donors (Lipinski definition) is 2. The monoisotopic (exact) mass is 624 g/mol. The molecule has 2 saturated heterocycles. The number of carbonyl (C=O) groups excluding carboxylic acids is 2. The molecule has 0 spiro atoms. The van der Waals surface area contributed by atoms with Gasteiger partial charge < -0.3 is 24.8 Å². The van der Waals surface area contributed by atoms with E-state index in [9.17, 15) is 14.0 Å². The number of halogens is 2. The van der Waals surface area contributed by atoms with Gasteiger partial charge in [0.2, 0.25) is 5.91 Å². The number of hydrogen-bond acceptors (Lipinski definition) is 10. The van der Waals surface area contributed by atoms with Gasteiger partial charge in [-0.1, -0.05) is 17.7 Å². The van der Waals surface area contributed by atoms with Gasteiger partial charge in [-0.15, -0.1) is 0 Å². The number of cyclic esters (lactones) is 1. The number of anilines is 3. The molecule has 1 amide bonds. The second-order valence-corrected chi connectivity index (χ2v) is 11.5. The lowest BCUT2D eigenvalue weighted by molar-refractivity contribution is -0.157. The van der Waals surface area contributed by atoms with Crippen LogP contribution in [0, 0.1) is 5.82 Å². The van der Waals surface area contributed by atoms with Crippen molar-refractivity contribution in [3.05, 3.63) is 59.7 Å². The van der Waals surface area contributed by atoms with Crippen LogP contribution in [0.25, 0.3) is 10.9 Å². The average molecular weight is 625 g/mol. The van der Waals surface area contributed by atoms with Crippen LogP contribution in [0.5, 0.6) is 5.75 Å². The second-order valence-electron chi connectivity index (χ2n) is 11.1. The van der Waals surface area contributed by atoms with E-state index >= 15 is 0 Å². The zero-order valence-electron chi connectivity index (χ0n) is 24.1. The van der Waals surface area contributed by atoms with Gasteiger partial charge in [0.05, 0.1) is 41.5 Å². The fraction of sp³-hybridized carbons (Fsp3) is 0.419. The number of ether oxygens (including phenoxy) is 3. The number of piperazine rings is 1. The minimum Gasteiger partial charge on any atom is -0.489 e. The first-order valence-electron chi connectivity index (χ1n) is 14.8. The Balaban J connectivity index is 1.16. The summed E-state index contributed by atoms with van der Waals surface area (Å²) >= 11 is 5.97. The topological polar surface area (TPSA) is 118 Å².